The highest BCUT2D eigenvalue weighted by molar-refractivity contribution is 7.47. The minimum absolute atomic E-state index is 0.0794. The number of unbranched alkanes of at least 4 members (excludes halogenated alkanes) is 27. The van der Waals surface area contributed by atoms with Gasteiger partial charge in [0, 0.05) is 25.7 Å². The van der Waals surface area contributed by atoms with Crippen molar-refractivity contribution in [3.8, 4) is 0 Å². The number of hydrogen-bond acceptors (Lipinski definition) is 15. The Kier molecular flexibility index (Phi) is 68.0. The molecule has 17 nitrogen and oxygen atoms in total. The maximum Gasteiger partial charge on any atom is 0.472 e. The summed E-state index contributed by atoms with van der Waals surface area (Å²) < 4.78 is 68.4. The number of esters is 4. The molecule has 564 valence electrons. The van der Waals surface area contributed by atoms with E-state index in [1.165, 1.54) is 77.0 Å². The number of hydrogen-bond donors (Lipinski definition) is 3. The number of carbonyl (C=O) groups is 4. The summed E-state index contributed by atoms with van der Waals surface area (Å²) in [5, 5.41) is 10.6. The van der Waals surface area contributed by atoms with Crippen LogP contribution in [0, 0.1) is 0 Å². The number of phosphoric acid groups is 2. The van der Waals surface area contributed by atoms with Gasteiger partial charge in [0.1, 0.15) is 19.3 Å². The monoisotopic (exact) mass is 1420 g/mol. The van der Waals surface area contributed by atoms with Crippen molar-refractivity contribution in [1.82, 2.24) is 0 Å². The van der Waals surface area contributed by atoms with Crippen molar-refractivity contribution in [1.29, 1.82) is 0 Å². The molecule has 0 rings (SSSR count). The molecule has 0 aliphatic carbocycles. The molecule has 0 heterocycles. The molecule has 0 aliphatic heterocycles. The van der Waals surface area contributed by atoms with Gasteiger partial charge in [-0.2, -0.15) is 0 Å². The van der Waals surface area contributed by atoms with Gasteiger partial charge in [-0.15, -0.1) is 0 Å². The third-order valence-electron chi connectivity index (χ3n) is 15.7. The summed E-state index contributed by atoms with van der Waals surface area (Å²) in [7, 11) is -9.97. The third-order valence-corrected chi connectivity index (χ3v) is 17.6. The van der Waals surface area contributed by atoms with Crippen LogP contribution in [0.1, 0.15) is 310 Å². The highest BCUT2D eigenvalue weighted by atomic mass is 31.2. The molecule has 0 fully saturated rings. The van der Waals surface area contributed by atoms with E-state index in [2.05, 4.69) is 125 Å². The first kappa shape index (κ1) is 93.7. The van der Waals surface area contributed by atoms with Crippen LogP contribution in [-0.2, 0) is 65.4 Å². The zero-order valence-electron chi connectivity index (χ0n) is 61.4. The summed E-state index contributed by atoms with van der Waals surface area (Å²) in [6.07, 6.45) is 75.1. The molecule has 19 heteroatoms. The highest BCUT2D eigenvalue weighted by Gasteiger charge is 2.30. The van der Waals surface area contributed by atoms with Crippen molar-refractivity contribution in [2.45, 2.75) is 329 Å². The van der Waals surface area contributed by atoms with Gasteiger partial charge < -0.3 is 33.8 Å². The van der Waals surface area contributed by atoms with Gasteiger partial charge in [0.25, 0.3) is 0 Å². The molecule has 0 aromatic carbocycles. The Morgan fingerprint density at radius 3 is 0.878 bits per heavy atom. The number of rotatable bonds is 71. The second-order valence-electron chi connectivity index (χ2n) is 25.2. The summed E-state index contributed by atoms with van der Waals surface area (Å²) in [6, 6.07) is 0. The first-order valence-corrected chi connectivity index (χ1v) is 41.1. The van der Waals surface area contributed by atoms with Gasteiger partial charge in [0.15, 0.2) is 12.2 Å². The first-order chi connectivity index (χ1) is 47.7. The quantitative estimate of drug-likeness (QED) is 0.0169. The number of aliphatic hydroxyl groups excluding tert-OH is 1. The lowest BCUT2D eigenvalue weighted by molar-refractivity contribution is -0.161. The van der Waals surface area contributed by atoms with Crippen LogP contribution in [0.3, 0.4) is 0 Å². The molecule has 0 aromatic rings. The van der Waals surface area contributed by atoms with E-state index in [-0.39, 0.29) is 25.7 Å². The molecule has 98 heavy (non-hydrogen) atoms. The van der Waals surface area contributed by atoms with Crippen LogP contribution in [0.25, 0.3) is 0 Å². The van der Waals surface area contributed by atoms with E-state index in [9.17, 15) is 43.2 Å². The van der Waals surface area contributed by atoms with E-state index in [1.54, 1.807) is 0 Å². The van der Waals surface area contributed by atoms with Crippen LogP contribution in [0.15, 0.2) is 109 Å². The highest BCUT2D eigenvalue weighted by Crippen LogP contribution is 2.45. The fourth-order valence-corrected chi connectivity index (χ4v) is 11.5. The lowest BCUT2D eigenvalue weighted by atomic mass is 10.0. The standard InChI is InChI=1S/C79H136O17P2/c1-5-9-13-17-21-25-29-33-35-36-38-42-44-48-52-56-60-64-77(82)90-70-75(96-79(84)66-62-58-54-50-46-40-32-28-24-20-16-12-8-4)72-94-98(87,88)92-68-73(80)67-91-97(85,86)93-71-74(95-78(83)65-61-57-53-49-45-39-31-27-23-19-15-11-7-3)69-89-76(81)63-59-55-51-47-43-41-37-34-30-26-22-18-14-10-6-2/h9-10,13-14,21-22,25-27,31,33-35,37-38,42,48,52,73-75,80H,5-8,11-12,15-20,23-24,28-30,32,36,39-41,43-47,49-51,53-72H2,1-4H3,(H,85,86)(H,87,88)/b13-9-,14-10-,25-21-,26-22-,31-27-,35-33-,37-34-,42-38-,52-48-. The van der Waals surface area contributed by atoms with Crippen molar-refractivity contribution in [3.63, 3.8) is 0 Å². The van der Waals surface area contributed by atoms with Crippen LogP contribution in [0.5, 0.6) is 0 Å². The van der Waals surface area contributed by atoms with E-state index < -0.39 is 97.5 Å². The maximum absolute atomic E-state index is 13.1. The molecule has 0 bridgehead atoms. The lowest BCUT2D eigenvalue weighted by Crippen LogP contribution is -2.30. The van der Waals surface area contributed by atoms with Crippen LogP contribution < -0.4 is 0 Å². The normalized spacial score (nSPS) is 14.6. The summed E-state index contributed by atoms with van der Waals surface area (Å²) >= 11 is 0. The molecule has 0 aliphatic rings. The fraction of sp³-hybridized carbons (Fsp3) is 0.722. The fourth-order valence-electron chi connectivity index (χ4n) is 9.97. The van der Waals surface area contributed by atoms with Crippen molar-refractivity contribution < 1.29 is 80.2 Å². The molecular formula is C79H136O17P2. The molecule has 0 spiro atoms. The molecule has 0 saturated carbocycles. The van der Waals surface area contributed by atoms with Gasteiger partial charge in [0.2, 0.25) is 0 Å². The van der Waals surface area contributed by atoms with E-state index >= 15 is 0 Å². The Morgan fingerprint density at radius 1 is 0.296 bits per heavy atom. The Balaban J connectivity index is 5.39. The third kappa shape index (κ3) is 70.2. The number of allylic oxidation sites excluding steroid dienone is 18. The number of ether oxygens (including phenoxy) is 4. The zero-order valence-corrected chi connectivity index (χ0v) is 63.2. The maximum atomic E-state index is 13.1. The van der Waals surface area contributed by atoms with Crippen LogP contribution in [0.2, 0.25) is 0 Å². The summed E-state index contributed by atoms with van der Waals surface area (Å²) in [6.45, 7) is 4.55. The molecule has 0 aromatic heterocycles. The molecule has 5 atom stereocenters. The second-order valence-corrected chi connectivity index (χ2v) is 28.1. The first-order valence-electron chi connectivity index (χ1n) is 38.1. The Labute approximate surface area is 594 Å². The van der Waals surface area contributed by atoms with E-state index in [0.717, 1.165) is 148 Å². The van der Waals surface area contributed by atoms with Gasteiger partial charge in [-0.3, -0.25) is 37.3 Å². The predicted molar refractivity (Wildman–Crippen MR) is 399 cm³/mol. The van der Waals surface area contributed by atoms with Crippen molar-refractivity contribution >= 4 is 39.5 Å². The predicted octanol–water partition coefficient (Wildman–Crippen LogP) is 21.8. The van der Waals surface area contributed by atoms with Gasteiger partial charge in [-0.25, -0.2) is 9.13 Å². The van der Waals surface area contributed by atoms with Crippen molar-refractivity contribution in [3.05, 3.63) is 109 Å². The van der Waals surface area contributed by atoms with Crippen molar-refractivity contribution in [2.75, 3.05) is 39.6 Å². The molecule has 0 amide bonds. The average Bonchev–Trinajstić information content (AvgIpc) is 0.969. The SMILES string of the molecule is CC/C=C\C/C=C\C/C=C\C/C=C\C/C=C\CCCC(=O)OCC(COP(=O)(O)OCC(O)COP(=O)(O)OCC(COC(=O)CCCCCCC/C=C\C/C=C\C/C=C\CC)OC(=O)CCCCCCC/C=C\CCCCCC)OC(=O)CCCCCCCCCCCCCCC. The molecule has 0 radical (unpaired) electrons. The average molecular weight is 1420 g/mol. The minimum Gasteiger partial charge on any atom is -0.462 e. The molecule has 3 N–H and O–H groups in total. The minimum atomic E-state index is -4.98. The number of carbonyl (C=O) groups excluding carboxylic acids is 4. The molecule has 0 saturated heterocycles. The second kappa shape index (κ2) is 71.1. The number of aliphatic hydroxyl groups is 1. The Morgan fingerprint density at radius 2 is 0.541 bits per heavy atom. The van der Waals surface area contributed by atoms with Crippen LogP contribution in [-0.4, -0.2) is 96.7 Å². The summed E-state index contributed by atoms with van der Waals surface area (Å²) in [4.78, 5) is 72.8. The van der Waals surface area contributed by atoms with E-state index in [0.29, 0.717) is 32.1 Å². The lowest BCUT2D eigenvalue weighted by Gasteiger charge is -2.21. The topological polar surface area (TPSA) is 237 Å². The molecular weight excluding hydrogens is 1280 g/mol. The van der Waals surface area contributed by atoms with Crippen LogP contribution >= 0.6 is 15.6 Å². The van der Waals surface area contributed by atoms with Gasteiger partial charge >= 0.3 is 39.5 Å². The summed E-state index contributed by atoms with van der Waals surface area (Å²) in [5.74, 6) is -2.26. The number of phosphoric ester groups is 2. The summed E-state index contributed by atoms with van der Waals surface area (Å²) in [5.41, 5.74) is 0. The Hall–Kier alpha value is -4.28. The van der Waals surface area contributed by atoms with Gasteiger partial charge in [-0.05, 0) is 122 Å². The van der Waals surface area contributed by atoms with E-state index in [1.807, 2.05) is 12.2 Å². The van der Waals surface area contributed by atoms with Gasteiger partial charge in [0.05, 0.1) is 26.4 Å². The Bertz CT molecular complexity index is 2290. The smallest absolute Gasteiger partial charge is 0.462 e. The van der Waals surface area contributed by atoms with Crippen LogP contribution in [0.4, 0.5) is 0 Å². The van der Waals surface area contributed by atoms with Crippen molar-refractivity contribution in [2.24, 2.45) is 0 Å². The largest absolute Gasteiger partial charge is 0.472 e. The van der Waals surface area contributed by atoms with Gasteiger partial charge in [-0.1, -0.05) is 272 Å². The molecule has 5 unspecified atom stereocenters. The zero-order chi connectivity index (χ0) is 71.8. The van der Waals surface area contributed by atoms with E-state index in [4.69, 9.17) is 37.0 Å².